The van der Waals surface area contributed by atoms with E-state index in [1.807, 2.05) is 0 Å². The standard InChI is InChI=1S/C12H13N3OS2/c1-12(2)3-6-9(7(16)4-12)18-11-8(15-6)10(17)13-5-14-11/h5,9H,3-4H2,1-2H3,(H,13,14,17)/p-1. The Balaban J connectivity index is 2.09. The summed E-state index contributed by atoms with van der Waals surface area (Å²) in [6, 6.07) is 0. The van der Waals surface area contributed by atoms with Crippen molar-refractivity contribution in [3.63, 3.8) is 0 Å². The number of Topliss-reactive ketones (excluding diaryl/α,β-unsaturated/α-hetero) is 1. The van der Waals surface area contributed by atoms with Crippen molar-refractivity contribution in [3.8, 4) is 0 Å². The van der Waals surface area contributed by atoms with Gasteiger partial charge in [-0.05, 0) is 11.8 Å². The first kappa shape index (κ1) is 12.0. The molecule has 1 aromatic heterocycles. The molecule has 0 aromatic carbocycles. The molecule has 1 aromatic rings. The van der Waals surface area contributed by atoms with E-state index in [2.05, 4.69) is 28.8 Å². The topological polar surface area (TPSA) is 55.2 Å². The van der Waals surface area contributed by atoms with Crippen LogP contribution in [0.15, 0.2) is 21.4 Å². The summed E-state index contributed by atoms with van der Waals surface area (Å²) in [5.74, 6) is 0.241. The van der Waals surface area contributed by atoms with Gasteiger partial charge in [-0.2, -0.15) is 0 Å². The zero-order chi connectivity index (χ0) is 12.9. The minimum Gasteiger partial charge on any atom is -0.758 e. The number of aromatic nitrogens is 2. The van der Waals surface area contributed by atoms with E-state index in [1.54, 1.807) is 0 Å². The Labute approximate surface area is 115 Å². The molecule has 1 aliphatic heterocycles. The van der Waals surface area contributed by atoms with E-state index in [1.165, 1.54) is 18.1 Å². The lowest BCUT2D eigenvalue weighted by molar-refractivity contribution is -0.120. The van der Waals surface area contributed by atoms with Gasteiger partial charge >= 0.3 is 0 Å². The Kier molecular flexibility index (Phi) is 2.67. The van der Waals surface area contributed by atoms with E-state index in [4.69, 9.17) is 12.6 Å². The first-order valence-electron chi connectivity index (χ1n) is 5.75. The van der Waals surface area contributed by atoms with Gasteiger partial charge in [-0.1, -0.05) is 30.6 Å². The number of rotatable bonds is 0. The van der Waals surface area contributed by atoms with Gasteiger partial charge in [0.15, 0.2) is 5.78 Å². The fourth-order valence-electron chi connectivity index (χ4n) is 2.41. The predicted octanol–water partition coefficient (Wildman–Crippen LogP) is 2.32. The van der Waals surface area contributed by atoms with Gasteiger partial charge in [-0.15, -0.1) is 0 Å². The molecule has 0 spiro atoms. The number of nitrogens with zero attached hydrogens (tertiary/aromatic N) is 3. The van der Waals surface area contributed by atoms with Gasteiger partial charge in [0.25, 0.3) is 0 Å². The molecule has 2 heterocycles. The molecule has 1 unspecified atom stereocenters. The summed E-state index contributed by atoms with van der Waals surface area (Å²) in [4.78, 5) is 24.9. The van der Waals surface area contributed by atoms with Crippen LogP contribution in [0.2, 0.25) is 0 Å². The van der Waals surface area contributed by atoms with E-state index in [0.717, 1.165) is 17.2 Å². The van der Waals surface area contributed by atoms with Crippen molar-refractivity contribution in [1.82, 2.24) is 9.97 Å². The van der Waals surface area contributed by atoms with Crippen LogP contribution in [0.25, 0.3) is 0 Å². The molecule has 3 rings (SSSR count). The van der Waals surface area contributed by atoms with Crippen LogP contribution in [-0.2, 0) is 17.4 Å². The Morgan fingerprint density at radius 3 is 2.94 bits per heavy atom. The van der Waals surface area contributed by atoms with Crippen molar-refractivity contribution < 1.29 is 4.79 Å². The summed E-state index contributed by atoms with van der Waals surface area (Å²) < 4.78 is 0. The molecule has 0 radical (unpaired) electrons. The van der Waals surface area contributed by atoms with E-state index < -0.39 is 0 Å². The largest absolute Gasteiger partial charge is 0.758 e. The summed E-state index contributed by atoms with van der Waals surface area (Å²) >= 11 is 6.63. The Bertz CT molecular complexity index is 568. The maximum absolute atomic E-state index is 12.2. The normalized spacial score (nSPS) is 25.1. The monoisotopic (exact) mass is 278 g/mol. The van der Waals surface area contributed by atoms with Gasteiger partial charge in [0.05, 0.1) is 5.69 Å². The maximum atomic E-state index is 12.2. The molecule has 94 valence electrons. The third kappa shape index (κ3) is 1.93. The van der Waals surface area contributed by atoms with Crippen LogP contribution >= 0.6 is 11.8 Å². The van der Waals surface area contributed by atoms with Crippen LogP contribution in [0.4, 0.5) is 5.69 Å². The lowest BCUT2D eigenvalue weighted by Gasteiger charge is -2.36. The third-order valence-corrected chi connectivity index (χ3v) is 4.74. The van der Waals surface area contributed by atoms with E-state index in [0.29, 0.717) is 17.1 Å². The number of carbonyl (C=O) groups is 1. The van der Waals surface area contributed by atoms with E-state index in [9.17, 15) is 4.79 Å². The highest BCUT2D eigenvalue weighted by molar-refractivity contribution is 8.01. The molecule has 1 atom stereocenters. The summed E-state index contributed by atoms with van der Waals surface area (Å²) in [6.07, 6.45) is 2.87. The average molecular weight is 278 g/mol. The van der Waals surface area contributed by atoms with Crippen LogP contribution in [0, 0.1) is 5.41 Å². The number of fused-ring (bicyclic) bond motifs is 2. The lowest BCUT2D eigenvalue weighted by Crippen LogP contribution is -2.40. The highest BCUT2D eigenvalue weighted by Crippen LogP contribution is 2.44. The fraction of sp³-hybridized carbons (Fsp3) is 0.500. The molecular weight excluding hydrogens is 266 g/mol. The molecule has 2 aliphatic rings. The SMILES string of the molecule is CC1(C)CC(=O)C2Sc3ncnc([S-])c3N=C2C1. The fourth-order valence-corrected chi connectivity index (χ4v) is 3.74. The van der Waals surface area contributed by atoms with Crippen LogP contribution in [-0.4, -0.2) is 26.7 Å². The van der Waals surface area contributed by atoms with Crippen molar-refractivity contribution in [2.45, 2.75) is 42.0 Å². The average Bonchev–Trinajstić information content (AvgIpc) is 2.27. The van der Waals surface area contributed by atoms with Crippen molar-refractivity contribution in [2.24, 2.45) is 10.4 Å². The van der Waals surface area contributed by atoms with Gasteiger partial charge in [0, 0.05) is 12.1 Å². The molecule has 1 saturated carbocycles. The molecule has 0 bridgehead atoms. The summed E-state index contributed by atoms with van der Waals surface area (Å²) in [7, 11) is 0. The van der Waals surface area contributed by atoms with Crippen LogP contribution in [0.5, 0.6) is 0 Å². The number of hydrogen-bond acceptors (Lipinski definition) is 6. The second-order valence-corrected chi connectivity index (χ2v) is 6.90. The molecule has 18 heavy (non-hydrogen) atoms. The number of ketones is 1. The predicted molar refractivity (Wildman–Crippen MR) is 72.4 cm³/mol. The molecular formula is C12H12N3OS2-. The summed E-state index contributed by atoms with van der Waals surface area (Å²) in [5, 5.41) is 1.03. The van der Waals surface area contributed by atoms with Gasteiger partial charge in [-0.25, -0.2) is 4.98 Å². The second kappa shape index (κ2) is 3.99. The number of carbonyl (C=O) groups excluding carboxylic acids is 1. The van der Waals surface area contributed by atoms with Crippen LogP contribution in [0.3, 0.4) is 0 Å². The van der Waals surface area contributed by atoms with Crippen molar-refractivity contribution in [2.75, 3.05) is 0 Å². The second-order valence-electron chi connectivity index (χ2n) is 5.42. The highest BCUT2D eigenvalue weighted by atomic mass is 32.2. The van der Waals surface area contributed by atoms with Crippen molar-refractivity contribution in [1.29, 1.82) is 0 Å². The zero-order valence-corrected chi connectivity index (χ0v) is 11.8. The first-order valence-corrected chi connectivity index (χ1v) is 7.04. The summed E-state index contributed by atoms with van der Waals surface area (Å²) in [6.45, 7) is 4.19. The van der Waals surface area contributed by atoms with Gasteiger partial charge in [-0.3, -0.25) is 14.8 Å². The lowest BCUT2D eigenvalue weighted by atomic mass is 9.75. The first-order chi connectivity index (χ1) is 8.46. The highest BCUT2D eigenvalue weighted by Gasteiger charge is 2.40. The summed E-state index contributed by atoms with van der Waals surface area (Å²) in [5.41, 5.74) is 1.57. The number of aliphatic imine (C=N–C) groups is 1. The van der Waals surface area contributed by atoms with E-state index >= 15 is 0 Å². The molecule has 6 heteroatoms. The van der Waals surface area contributed by atoms with Crippen LogP contribution < -0.4 is 0 Å². The molecule has 4 nitrogen and oxygen atoms in total. The number of thioether (sulfide) groups is 1. The molecule has 0 N–H and O–H groups in total. The van der Waals surface area contributed by atoms with Gasteiger partial charge < -0.3 is 12.6 Å². The minimum absolute atomic E-state index is 0.0122. The molecule has 0 amide bonds. The van der Waals surface area contributed by atoms with Gasteiger partial charge in [0.2, 0.25) is 0 Å². The smallest absolute Gasteiger partial charge is 0.152 e. The molecule has 1 fully saturated rings. The van der Waals surface area contributed by atoms with Crippen molar-refractivity contribution >= 4 is 41.6 Å². The van der Waals surface area contributed by atoms with Gasteiger partial charge in [0.1, 0.15) is 16.6 Å². The van der Waals surface area contributed by atoms with E-state index in [-0.39, 0.29) is 16.4 Å². The van der Waals surface area contributed by atoms with Crippen molar-refractivity contribution in [3.05, 3.63) is 6.33 Å². The number of hydrogen-bond donors (Lipinski definition) is 0. The quantitative estimate of drug-likeness (QED) is 0.538. The van der Waals surface area contributed by atoms with Crippen LogP contribution in [0.1, 0.15) is 26.7 Å². The Morgan fingerprint density at radius 2 is 2.17 bits per heavy atom. The Morgan fingerprint density at radius 1 is 1.39 bits per heavy atom. The Hall–Kier alpha value is -1.01. The maximum Gasteiger partial charge on any atom is 0.152 e. The minimum atomic E-state index is -0.171. The zero-order valence-electron chi connectivity index (χ0n) is 10.1. The third-order valence-electron chi connectivity index (χ3n) is 3.15. The molecule has 1 aliphatic carbocycles. The molecule has 0 saturated heterocycles.